The smallest absolute Gasteiger partial charge is 0.455 e. The molecule has 0 radical (unpaired) electrons. The normalized spacial score (nSPS) is 16.0. The Bertz CT molecular complexity index is 2740. The second kappa shape index (κ2) is 9.83. The van der Waals surface area contributed by atoms with E-state index in [0.717, 1.165) is 59.6 Å². The molecule has 4 nitrogen and oxygen atoms in total. The Hall–Kier alpha value is -4.88. The van der Waals surface area contributed by atoms with Crippen molar-refractivity contribution in [2.75, 3.05) is 0 Å². The first-order chi connectivity index (χ1) is 23.3. The van der Waals surface area contributed by atoms with Crippen molar-refractivity contribution in [2.24, 2.45) is 0 Å². The van der Waals surface area contributed by atoms with Crippen LogP contribution in [0.25, 0.3) is 80.7 Å². The van der Waals surface area contributed by atoms with Crippen molar-refractivity contribution in [3.05, 3.63) is 121 Å². The van der Waals surface area contributed by atoms with Crippen molar-refractivity contribution >= 4 is 87.8 Å². The maximum atomic E-state index is 6.75. The highest BCUT2D eigenvalue weighted by Crippen LogP contribution is 2.44. The van der Waals surface area contributed by atoms with Gasteiger partial charge in [0.2, 0.25) is 0 Å². The van der Waals surface area contributed by atoms with Gasteiger partial charge in [0.1, 0.15) is 11.2 Å². The predicted molar refractivity (Wildman–Crippen MR) is 202 cm³/mol. The molecule has 10 rings (SSSR count). The van der Waals surface area contributed by atoms with Crippen LogP contribution in [0.2, 0.25) is 0 Å². The molecule has 1 fully saturated rings. The number of benzene rings is 6. The lowest BCUT2D eigenvalue weighted by Crippen LogP contribution is -2.41. The minimum absolute atomic E-state index is 0.469. The largest absolute Gasteiger partial charge is 0.496 e. The number of hydrogen-bond acceptors (Lipinski definition) is 4. The molecule has 1 aliphatic heterocycles. The van der Waals surface area contributed by atoms with Crippen molar-refractivity contribution in [3.63, 3.8) is 0 Å². The molecule has 6 heteroatoms. The zero-order chi connectivity index (χ0) is 32.4. The number of fused-ring (bicyclic) bond motifs is 10. The summed E-state index contributed by atoms with van der Waals surface area (Å²) in [5.41, 5.74) is 7.72. The van der Waals surface area contributed by atoms with Gasteiger partial charge in [-0.2, -0.15) is 0 Å². The molecule has 4 heterocycles. The molecule has 0 N–H and O–H groups in total. The van der Waals surface area contributed by atoms with E-state index in [2.05, 4.69) is 148 Å². The molecule has 1 saturated heterocycles. The summed E-state index contributed by atoms with van der Waals surface area (Å²) in [5.74, 6) is 0. The number of aromatic nitrogens is 1. The van der Waals surface area contributed by atoms with Crippen LogP contribution < -0.4 is 5.46 Å². The molecule has 6 aromatic carbocycles. The van der Waals surface area contributed by atoms with Crippen molar-refractivity contribution in [1.29, 1.82) is 0 Å². The molecule has 232 valence electrons. The summed E-state index contributed by atoms with van der Waals surface area (Å²) in [6, 6.07) is 43.5. The molecule has 3 aromatic heterocycles. The van der Waals surface area contributed by atoms with Crippen LogP contribution in [-0.2, 0) is 9.31 Å². The summed E-state index contributed by atoms with van der Waals surface area (Å²) in [4.78, 5) is 0. The summed E-state index contributed by atoms with van der Waals surface area (Å²) < 4.78 is 24.9. The third-order valence-electron chi connectivity index (χ3n) is 10.6. The van der Waals surface area contributed by atoms with Gasteiger partial charge in [-0.1, -0.05) is 72.8 Å². The van der Waals surface area contributed by atoms with E-state index in [1.807, 2.05) is 6.07 Å². The third-order valence-corrected chi connectivity index (χ3v) is 11.9. The summed E-state index contributed by atoms with van der Waals surface area (Å²) in [6.07, 6.45) is 0. The Kier molecular flexibility index (Phi) is 5.77. The first-order valence-electron chi connectivity index (χ1n) is 16.5. The van der Waals surface area contributed by atoms with Gasteiger partial charge < -0.3 is 18.3 Å². The number of para-hydroxylation sites is 2. The zero-order valence-electron chi connectivity index (χ0n) is 27.2. The lowest BCUT2D eigenvalue weighted by atomic mass is 9.78. The van der Waals surface area contributed by atoms with E-state index in [9.17, 15) is 0 Å². The van der Waals surface area contributed by atoms with Gasteiger partial charge in [-0.25, -0.2) is 0 Å². The van der Waals surface area contributed by atoms with E-state index in [-0.39, 0.29) is 0 Å². The highest BCUT2D eigenvalue weighted by atomic mass is 32.1. The van der Waals surface area contributed by atoms with Crippen molar-refractivity contribution in [1.82, 2.24) is 4.57 Å². The molecule has 9 aromatic rings. The fourth-order valence-electron chi connectivity index (χ4n) is 7.49. The molecule has 0 aliphatic carbocycles. The average molecular weight is 642 g/mol. The summed E-state index contributed by atoms with van der Waals surface area (Å²) in [5, 5.41) is 6.99. The van der Waals surface area contributed by atoms with E-state index < -0.39 is 18.3 Å². The summed E-state index contributed by atoms with van der Waals surface area (Å²) in [6.45, 7) is 8.48. The lowest BCUT2D eigenvalue weighted by Gasteiger charge is -2.32. The lowest BCUT2D eigenvalue weighted by molar-refractivity contribution is 0.00578. The molecule has 0 spiro atoms. The van der Waals surface area contributed by atoms with Crippen LogP contribution in [0.1, 0.15) is 27.7 Å². The average Bonchev–Trinajstić information content (AvgIpc) is 3.81. The zero-order valence-corrected chi connectivity index (χ0v) is 28.0. The van der Waals surface area contributed by atoms with E-state index >= 15 is 0 Å². The molecular weight excluding hydrogens is 609 g/mol. The molecule has 0 saturated carbocycles. The molecule has 0 bridgehead atoms. The predicted octanol–water partition coefficient (Wildman–Crippen LogP) is 11.0. The standard InChI is InChI=1S/C42H32BNO3S/c1-41(2)42(3,4)47-43(46-41)33-24-27(23-32-38-37(48-40(32)33)21-19-30-29-15-9-11-17-36(29)45-39(30)38)44-34-16-10-8-14-28(34)31-22-26(18-20-35(31)44)25-12-6-5-7-13-25/h5-24H,1-4H3. The van der Waals surface area contributed by atoms with Crippen LogP contribution in [0, 0.1) is 0 Å². The SMILES string of the molecule is CC1(C)OB(c2cc(-n3c4ccccc4c4cc(-c5ccccc5)ccc43)cc3c2sc2ccc4c5ccccc5oc4c23)OC1(C)C. The number of rotatable bonds is 3. The van der Waals surface area contributed by atoms with Crippen LogP contribution in [-0.4, -0.2) is 22.9 Å². The van der Waals surface area contributed by atoms with Gasteiger partial charge in [0.05, 0.1) is 22.2 Å². The Labute approximate surface area is 282 Å². The quantitative estimate of drug-likeness (QED) is 0.180. The summed E-state index contributed by atoms with van der Waals surface area (Å²) in [7, 11) is -0.519. The second-order valence-electron chi connectivity index (χ2n) is 14.0. The topological polar surface area (TPSA) is 36.5 Å². The van der Waals surface area contributed by atoms with Gasteiger partial charge in [-0.05, 0) is 87.4 Å². The Balaban J connectivity index is 1.30. The molecule has 48 heavy (non-hydrogen) atoms. The first-order valence-corrected chi connectivity index (χ1v) is 17.3. The van der Waals surface area contributed by atoms with E-state index in [1.54, 1.807) is 11.3 Å². The number of hydrogen-bond donors (Lipinski definition) is 0. The van der Waals surface area contributed by atoms with Crippen molar-refractivity contribution in [2.45, 2.75) is 38.9 Å². The fourth-order valence-corrected chi connectivity index (χ4v) is 8.70. The summed E-state index contributed by atoms with van der Waals surface area (Å²) >= 11 is 1.78. The maximum Gasteiger partial charge on any atom is 0.496 e. The Morgan fingerprint density at radius 2 is 1.29 bits per heavy atom. The molecular formula is C42H32BNO3S. The van der Waals surface area contributed by atoms with Crippen LogP contribution >= 0.6 is 11.3 Å². The van der Waals surface area contributed by atoms with Gasteiger partial charge in [0, 0.05) is 52.9 Å². The molecule has 0 unspecified atom stereocenters. The van der Waals surface area contributed by atoms with Gasteiger partial charge in [0.25, 0.3) is 0 Å². The van der Waals surface area contributed by atoms with E-state index in [1.165, 1.54) is 26.6 Å². The number of nitrogens with zero attached hydrogens (tertiary/aromatic N) is 1. The van der Waals surface area contributed by atoms with Gasteiger partial charge in [-0.15, -0.1) is 11.3 Å². The van der Waals surface area contributed by atoms with Crippen molar-refractivity contribution < 1.29 is 13.7 Å². The maximum absolute atomic E-state index is 6.75. The van der Waals surface area contributed by atoms with Gasteiger partial charge in [0.15, 0.2) is 0 Å². The highest BCUT2D eigenvalue weighted by Gasteiger charge is 2.52. The monoisotopic (exact) mass is 641 g/mol. The van der Waals surface area contributed by atoms with E-state index in [4.69, 9.17) is 13.7 Å². The van der Waals surface area contributed by atoms with E-state index in [0.29, 0.717) is 0 Å². The van der Waals surface area contributed by atoms with Gasteiger partial charge >= 0.3 is 7.12 Å². The van der Waals surface area contributed by atoms with Crippen LogP contribution in [0.4, 0.5) is 0 Å². The minimum Gasteiger partial charge on any atom is -0.455 e. The molecule has 1 aliphatic rings. The Morgan fingerprint density at radius 1 is 0.583 bits per heavy atom. The molecule has 0 amide bonds. The highest BCUT2D eigenvalue weighted by molar-refractivity contribution is 7.27. The minimum atomic E-state index is -0.519. The van der Waals surface area contributed by atoms with Gasteiger partial charge in [-0.3, -0.25) is 0 Å². The van der Waals surface area contributed by atoms with Crippen LogP contribution in [0.15, 0.2) is 126 Å². The Morgan fingerprint density at radius 3 is 2.10 bits per heavy atom. The second-order valence-corrected chi connectivity index (χ2v) is 15.0. The van der Waals surface area contributed by atoms with Crippen LogP contribution in [0.5, 0.6) is 0 Å². The number of thiophene rings is 1. The molecule has 0 atom stereocenters. The van der Waals surface area contributed by atoms with Crippen LogP contribution in [0.3, 0.4) is 0 Å². The fraction of sp³-hybridized carbons (Fsp3) is 0.143. The third kappa shape index (κ3) is 3.91. The van der Waals surface area contributed by atoms with Crippen molar-refractivity contribution in [3.8, 4) is 16.8 Å². The number of furan rings is 1. The first kappa shape index (κ1) is 28.2.